The molecule has 1 amide bonds. The number of esters is 2. The lowest BCUT2D eigenvalue weighted by Gasteiger charge is -2.40. The maximum atomic E-state index is 14.1. The second kappa shape index (κ2) is 25.9. The normalized spacial score (nSPS) is 26.0. The minimum absolute atomic E-state index is 0.0935. The Balaban J connectivity index is 0.812. The number of hydrogen-bond acceptors (Lipinski definition) is 20. The SMILES string of the molecule is CO[C@H]1[C@H](O)[C@@H](Oc2ccc(NC(=S)NCCCC[C@H](NC(=S)Nc3ccc(O[C@H]4O[C@@H](C)[C@@H](O)[C@@H](OC)[C@@H]4O)cc3)C(=O)N[C@@H](C)C(=O)OCc3cccc4cc5c(nc34)-c3cc4c(c(=O)n3C5)COC(=O)[C@@]4(C)O)cc2)O[C@@H](C)[C@H]1O. The number of carbonyl (C=O) groups excluding carboxylic acids is 3. The number of methoxy groups -OCH3 is 2. The maximum absolute atomic E-state index is 14.1. The van der Waals surface area contributed by atoms with Crippen molar-refractivity contribution in [1.82, 2.24) is 25.5 Å². The van der Waals surface area contributed by atoms with Crippen molar-refractivity contribution in [3.05, 3.63) is 111 Å². The number of thiocarbonyl (C=S) groups is 2. The third kappa shape index (κ3) is 13.4. The van der Waals surface area contributed by atoms with Crippen LogP contribution >= 0.6 is 24.4 Å². The van der Waals surface area contributed by atoms with Crippen LogP contribution in [0.1, 0.15) is 69.2 Å². The summed E-state index contributed by atoms with van der Waals surface area (Å²) in [4.78, 5) is 58.8. The molecule has 24 nitrogen and oxygen atoms in total. The molecule has 2 aromatic heterocycles. The van der Waals surface area contributed by atoms with E-state index in [1.165, 1.54) is 32.6 Å². The number of pyridine rings is 2. The van der Waals surface area contributed by atoms with E-state index in [0.717, 1.165) is 10.9 Å². The minimum Gasteiger partial charge on any atom is -0.462 e. The molecule has 0 aliphatic carbocycles. The number of carbonyl (C=O) groups is 3. The van der Waals surface area contributed by atoms with Gasteiger partial charge in [0.1, 0.15) is 73.4 Å². The molecule has 13 atom stereocenters. The molecule has 0 bridgehead atoms. The molecule has 6 heterocycles. The fourth-order valence-corrected chi connectivity index (χ4v) is 10.8. The van der Waals surface area contributed by atoms with Gasteiger partial charge in [-0.2, -0.15) is 0 Å². The smallest absolute Gasteiger partial charge is 0.342 e. The van der Waals surface area contributed by atoms with Crippen molar-refractivity contribution in [1.29, 1.82) is 0 Å². The Labute approximate surface area is 487 Å². The third-order valence-corrected chi connectivity index (χ3v) is 15.5. The Morgan fingerprint density at radius 3 is 1.99 bits per heavy atom. The number of aromatic nitrogens is 2. The van der Waals surface area contributed by atoms with E-state index in [9.17, 15) is 44.7 Å². The van der Waals surface area contributed by atoms with Gasteiger partial charge >= 0.3 is 11.9 Å². The molecule has 0 radical (unpaired) electrons. The predicted molar refractivity (Wildman–Crippen MR) is 307 cm³/mol. The highest BCUT2D eigenvalue weighted by molar-refractivity contribution is 7.80. The maximum Gasteiger partial charge on any atom is 0.342 e. The number of rotatable bonds is 19. The summed E-state index contributed by atoms with van der Waals surface area (Å²) in [7, 11) is 2.77. The molecule has 0 spiro atoms. The number of cyclic esters (lactones) is 1. The molecule has 5 aromatic rings. The first-order chi connectivity index (χ1) is 39.6. The number of fused-ring (bicyclic) bond motifs is 5. The summed E-state index contributed by atoms with van der Waals surface area (Å²) in [5.74, 6) is -1.38. The molecule has 2 saturated heterocycles. The van der Waals surface area contributed by atoms with Gasteiger partial charge in [0.15, 0.2) is 15.8 Å². The zero-order valence-electron chi connectivity index (χ0n) is 46.2. The summed E-state index contributed by atoms with van der Waals surface area (Å²) in [6.45, 7) is 6.26. The van der Waals surface area contributed by atoms with Crippen molar-refractivity contribution in [2.75, 3.05) is 31.4 Å². The van der Waals surface area contributed by atoms with Crippen molar-refractivity contribution in [3.8, 4) is 22.9 Å². The Morgan fingerprint density at radius 2 is 1.40 bits per heavy atom. The average Bonchev–Trinajstić information content (AvgIpc) is 2.59. The first kappa shape index (κ1) is 60.6. The Morgan fingerprint density at radius 1 is 0.807 bits per heavy atom. The monoisotopic (exact) mass is 1190 g/mol. The molecule has 10 N–H and O–H groups in total. The highest BCUT2D eigenvalue weighted by Gasteiger charge is 2.46. The fourth-order valence-electron chi connectivity index (χ4n) is 10.3. The first-order valence-electron chi connectivity index (χ1n) is 27.0. The Hall–Kier alpha value is -6.95. The topological polar surface area (TPSA) is 321 Å². The lowest BCUT2D eigenvalue weighted by molar-refractivity contribution is -0.273. The lowest BCUT2D eigenvalue weighted by atomic mass is 9.90. The van der Waals surface area contributed by atoms with E-state index in [1.807, 2.05) is 12.1 Å². The predicted octanol–water partition coefficient (Wildman–Crippen LogP) is 2.47. The number of amides is 1. The van der Waals surface area contributed by atoms with Crippen LogP contribution in [-0.2, 0) is 68.2 Å². The van der Waals surface area contributed by atoms with E-state index >= 15 is 0 Å². The van der Waals surface area contributed by atoms with E-state index in [0.29, 0.717) is 69.8 Å². The lowest BCUT2D eigenvalue weighted by Crippen LogP contribution is -2.59. The zero-order valence-corrected chi connectivity index (χ0v) is 47.9. The van der Waals surface area contributed by atoms with Crippen LogP contribution in [0.3, 0.4) is 0 Å². The molecule has 0 saturated carbocycles. The summed E-state index contributed by atoms with van der Waals surface area (Å²) in [5.41, 5.74) is 1.79. The van der Waals surface area contributed by atoms with Crippen molar-refractivity contribution in [3.63, 3.8) is 0 Å². The number of aliphatic hydroxyl groups excluding tert-OH is 4. The van der Waals surface area contributed by atoms with Crippen molar-refractivity contribution < 1.29 is 77.8 Å². The molecule has 4 aliphatic rings. The zero-order chi connectivity index (χ0) is 59.4. The first-order valence-corrected chi connectivity index (χ1v) is 27.8. The van der Waals surface area contributed by atoms with E-state index in [2.05, 4.69) is 26.6 Å². The van der Waals surface area contributed by atoms with Crippen LogP contribution in [0, 0.1) is 0 Å². The van der Waals surface area contributed by atoms with Crippen LogP contribution in [0.2, 0.25) is 0 Å². The molecule has 444 valence electrons. The van der Waals surface area contributed by atoms with Gasteiger partial charge in [-0.05, 0) is 132 Å². The number of aliphatic hydroxyl groups is 5. The summed E-state index contributed by atoms with van der Waals surface area (Å²) in [5, 5.41) is 69.4. The average molecular weight is 1190 g/mol. The van der Waals surface area contributed by atoms with Gasteiger partial charge in [-0.3, -0.25) is 9.59 Å². The van der Waals surface area contributed by atoms with Crippen LogP contribution in [-0.4, -0.2) is 157 Å². The standard InChI is InChI=1S/C57H67N7O17S2/c1-27(51(71)76-25-31-11-9-10-30-22-32-24-64-40(42(32)63-41(30)31)23-38-37(50(64)70)26-77-54(72)57(38,4)73)59-49(69)39(62-56(83)61-34-15-19-36(20-16-34)81-53-46(68)48(75-6)44(66)29(3)79-53)12-7-8-21-58-55(82)60-33-13-17-35(18-14-33)80-52-45(67)47(74-5)43(65)28(2)78-52/h9-11,13-20,22-23,27-29,39,43-48,52-53,65-68,73H,7-8,12,21,24-26H2,1-6H3,(H,59,69)(H2,58,60,82)(H2,61,62,83)/t27-,28-,29-,39-,43+,44+,45-,46-,47+,48+,52+,53+,57-/m0/s1. The fraction of sp³-hybridized carbons (Fsp3) is 0.456. The van der Waals surface area contributed by atoms with Gasteiger partial charge in [-0.15, -0.1) is 0 Å². The largest absolute Gasteiger partial charge is 0.462 e. The highest BCUT2D eigenvalue weighted by atomic mass is 32.1. The minimum atomic E-state index is -2.03. The van der Waals surface area contributed by atoms with Crippen molar-refractivity contribution in [2.45, 2.75) is 146 Å². The molecule has 2 fully saturated rings. The molecule has 83 heavy (non-hydrogen) atoms. The number of hydrogen-bond donors (Lipinski definition) is 10. The van der Waals surface area contributed by atoms with Crippen LogP contribution in [0.4, 0.5) is 11.4 Å². The summed E-state index contributed by atoms with van der Waals surface area (Å²) in [6, 6.07) is 20.2. The number of para-hydroxylation sites is 1. The summed E-state index contributed by atoms with van der Waals surface area (Å²) in [6.07, 6.45) is -8.55. The molecule has 26 heteroatoms. The Bertz CT molecular complexity index is 3280. The van der Waals surface area contributed by atoms with Gasteiger partial charge in [0.2, 0.25) is 18.5 Å². The van der Waals surface area contributed by atoms with Crippen molar-refractivity contribution in [2.24, 2.45) is 0 Å². The summed E-state index contributed by atoms with van der Waals surface area (Å²) >= 11 is 11.2. The molecule has 4 aliphatic heterocycles. The number of nitrogens with zero attached hydrogens (tertiary/aromatic N) is 2. The van der Waals surface area contributed by atoms with Crippen LogP contribution < -0.4 is 41.6 Å². The highest BCUT2D eigenvalue weighted by Crippen LogP contribution is 2.38. The Kier molecular flexibility index (Phi) is 18.9. The van der Waals surface area contributed by atoms with E-state index < -0.39 is 103 Å². The second-order valence-corrected chi connectivity index (χ2v) is 21.7. The number of benzene rings is 3. The van der Waals surface area contributed by atoms with Gasteiger partial charge in [0.05, 0.1) is 41.2 Å². The number of unbranched alkanes of at least 4 members (excludes halogenated alkanes) is 1. The molecular weight excluding hydrogens is 1120 g/mol. The van der Waals surface area contributed by atoms with Crippen LogP contribution in [0.5, 0.6) is 11.5 Å². The number of ether oxygens (including phenoxy) is 8. The third-order valence-electron chi connectivity index (χ3n) is 15.0. The van der Waals surface area contributed by atoms with E-state index in [1.54, 1.807) is 80.6 Å². The molecule has 0 unspecified atom stereocenters. The molecular formula is C57H67N7O17S2. The van der Waals surface area contributed by atoms with Gasteiger partial charge in [0.25, 0.3) is 5.56 Å². The summed E-state index contributed by atoms with van der Waals surface area (Å²) < 4.78 is 46.1. The van der Waals surface area contributed by atoms with Gasteiger partial charge < -0.3 is 94.6 Å². The van der Waals surface area contributed by atoms with Crippen LogP contribution in [0.25, 0.3) is 22.3 Å². The number of anilines is 2. The molecule has 9 rings (SSSR count). The van der Waals surface area contributed by atoms with Gasteiger partial charge in [-0.1, -0.05) is 18.2 Å². The van der Waals surface area contributed by atoms with E-state index in [-0.39, 0.29) is 42.4 Å². The van der Waals surface area contributed by atoms with Crippen LogP contribution in [0.15, 0.2) is 83.7 Å². The van der Waals surface area contributed by atoms with Gasteiger partial charge in [-0.25, -0.2) is 14.6 Å². The van der Waals surface area contributed by atoms with Crippen molar-refractivity contribution >= 4 is 74.8 Å². The number of nitrogens with one attached hydrogen (secondary N) is 5. The second-order valence-electron chi connectivity index (χ2n) is 20.9. The van der Waals surface area contributed by atoms with Gasteiger partial charge in [0, 0.05) is 54.2 Å². The quantitative estimate of drug-likeness (QED) is 0.0316. The molecule has 3 aromatic carbocycles. The van der Waals surface area contributed by atoms with E-state index in [4.69, 9.17) is 67.3 Å².